The third kappa shape index (κ3) is 3.94. The second-order valence-electron chi connectivity index (χ2n) is 4.81. The number of nitrogens with two attached hydrogens (primary N) is 1. The fourth-order valence-corrected chi connectivity index (χ4v) is 2.01. The Labute approximate surface area is 133 Å². The summed E-state index contributed by atoms with van der Waals surface area (Å²) in [5.74, 6) is 1.44. The summed E-state index contributed by atoms with van der Waals surface area (Å²) in [6.07, 6.45) is 11.1. The maximum atomic E-state index is 6.06. The molecule has 0 atom stereocenters. The van der Waals surface area contributed by atoms with Gasteiger partial charge in [0, 0.05) is 31.7 Å². The van der Waals surface area contributed by atoms with Crippen molar-refractivity contribution in [3.63, 3.8) is 0 Å². The number of hydrogen-bond donors (Lipinski definition) is 2. The van der Waals surface area contributed by atoms with E-state index in [1.54, 1.807) is 37.1 Å². The van der Waals surface area contributed by atoms with Gasteiger partial charge in [-0.3, -0.25) is 4.98 Å². The predicted octanol–water partition coefficient (Wildman–Crippen LogP) is 1.94. The van der Waals surface area contributed by atoms with Gasteiger partial charge in [0.05, 0.1) is 12.5 Å². The fourth-order valence-electron chi connectivity index (χ4n) is 2.01. The summed E-state index contributed by atoms with van der Waals surface area (Å²) in [7, 11) is 0. The summed E-state index contributed by atoms with van der Waals surface area (Å²) in [6, 6.07) is 3.56. The van der Waals surface area contributed by atoms with E-state index in [4.69, 9.17) is 10.5 Å². The van der Waals surface area contributed by atoms with Crippen molar-refractivity contribution in [2.75, 3.05) is 17.6 Å². The van der Waals surface area contributed by atoms with Crippen molar-refractivity contribution >= 4 is 11.5 Å². The molecule has 3 aromatic rings. The molecule has 3 rings (SSSR count). The zero-order chi connectivity index (χ0) is 15.9. The Balaban J connectivity index is 1.58. The Kier molecular flexibility index (Phi) is 4.63. The smallest absolute Gasteiger partial charge is 0.248 e. The van der Waals surface area contributed by atoms with Gasteiger partial charge in [-0.05, 0) is 18.6 Å². The highest BCUT2D eigenvalue weighted by atomic mass is 16.5. The Morgan fingerprint density at radius 2 is 2.17 bits per heavy atom. The average molecular weight is 311 g/mol. The molecule has 0 aromatic carbocycles. The van der Waals surface area contributed by atoms with E-state index in [0.717, 1.165) is 19.5 Å². The molecule has 3 aromatic heterocycles. The van der Waals surface area contributed by atoms with Crippen molar-refractivity contribution in [1.82, 2.24) is 24.5 Å². The number of imidazole rings is 1. The lowest BCUT2D eigenvalue weighted by Crippen LogP contribution is -2.10. The molecule has 0 spiro atoms. The molecule has 3 N–H and O–H groups in total. The van der Waals surface area contributed by atoms with Crippen LogP contribution in [-0.4, -0.2) is 31.0 Å². The predicted molar refractivity (Wildman–Crippen MR) is 86.1 cm³/mol. The monoisotopic (exact) mass is 311 g/mol. The third-order valence-corrected chi connectivity index (χ3v) is 3.14. The first-order valence-electron chi connectivity index (χ1n) is 7.21. The lowest BCUT2D eigenvalue weighted by Gasteiger charge is -2.11. The Hall–Kier alpha value is -3.16. The van der Waals surface area contributed by atoms with E-state index in [2.05, 4.69) is 25.3 Å². The summed E-state index contributed by atoms with van der Waals surface area (Å²) in [5, 5.41) is 3.20. The maximum Gasteiger partial charge on any atom is 0.248 e. The molecule has 23 heavy (non-hydrogen) atoms. The quantitative estimate of drug-likeness (QED) is 0.643. The van der Waals surface area contributed by atoms with Crippen LogP contribution in [0.4, 0.5) is 11.5 Å². The first-order chi connectivity index (χ1) is 11.3. The number of pyridine rings is 1. The van der Waals surface area contributed by atoms with E-state index in [9.17, 15) is 0 Å². The van der Waals surface area contributed by atoms with Gasteiger partial charge in [-0.15, -0.1) is 0 Å². The van der Waals surface area contributed by atoms with Gasteiger partial charge in [-0.25, -0.2) is 9.97 Å². The highest BCUT2D eigenvalue weighted by Crippen LogP contribution is 2.28. The molecule has 0 radical (unpaired) electrons. The molecular weight excluding hydrogens is 294 g/mol. The van der Waals surface area contributed by atoms with Crippen molar-refractivity contribution in [3.05, 3.63) is 49.6 Å². The van der Waals surface area contributed by atoms with Gasteiger partial charge in [0.15, 0.2) is 5.82 Å². The van der Waals surface area contributed by atoms with Gasteiger partial charge in [0.2, 0.25) is 5.88 Å². The molecule has 0 unspecified atom stereocenters. The molecule has 0 saturated heterocycles. The molecule has 3 heterocycles. The van der Waals surface area contributed by atoms with Crippen LogP contribution in [0, 0.1) is 0 Å². The zero-order valence-corrected chi connectivity index (χ0v) is 12.5. The molecule has 0 amide bonds. The highest BCUT2D eigenvalue weighted by molar-refractivity contribution is 5.66. The standard InChI is InChI=1S/C15H17N7O/c16-13-14(19-5-2-7-22-8-6-18-11-22)20-10-21-15(13)23-12-3-1-4-17-9-12/h1,3-4,6,8-11H,2,5,7,16H2,(H,19,20,21). The van der Waals surface area contributed by atoms with Crippen LogP contribution >= 0.6 is 0 Å². The van der Waals surface area contributed by atoms with Crippen molar-refractivity contribution < 1.29 is 4.74 Å². The molecule has 0 saturated carbocycles. The van der Waals surface area contributed by atoms with Crippen LogP contribution in [-0.2, 0) is 6.54 Å². The molecule has 0 fully saturated rings. The van der Waals surface area contributed by atoms with E-state index in [1.165, 1.54) is 6.33 Å². The van der Waals surface area contributed by atoms with Crippen molar-refractivity contribution in [2.24, 2.45) is 0 Å². The lowest BCUT2D eigenvalue weighted by atomic mass is 10.4. The first-order valence-corrected chi connectivity index (χ1v) is 7.21. The minimum Gasteiger partial charge on any atom is -0.435 e. The van der Waals surface area contributed by atoms with Crippen LogP contribution in [0.3, 0.4) is 0 Å². The zero-order valence-electron chi connectivity index (χ0n) is 12.5. The number of aromatic nitrogens is 5. The molecule has 118 valence electrons. The van der Waals surface area contributed by atoms with Crippen LogP contribution < -0.4 is 15.8 Å². The van der Waals surface area contributed by atoms with Crippen LogP contribution in [0.1, 0.15) is 6.42 Å². The highest BCUT2D eigenvalue weighted by Gasteiger charge is 2.10. The normalized spacial score (nSPS) is 10.4. The minimum atomic E-state index is 0.310. The van der Waals surface area contributed by atoms with E-state index >= 15 is 0 Å². The molecule has 8 nitrogen and oxygen atoms in total. The molecule has 0 aliphatic rings. The van der Waals surface area contributed by atoms with Gasteiger partial charge >= 0.3 is 0 Å². The third-order valence-electron chi connectivity index (χ3n) is 3.14. The van der Waals surface area contributed by atoms with Crippen LogP contribution in [0.2, 0.25) is 0 Å². The van der Waals surface area contributed by atoms with E-state index in [0.29, 0.717) is 23.1 Å². The Morgan fingerprint density at radius 1 is 1.22 bits per heavy atom. The van der Waals surface area contributed by atoms with Crippen molar-refractivity contribution in [3.8, 4) is 11.6 Å². The van der Waals surface area contributed by atoms with E-state index in [-0.39, 0.29) is 0 Å². The van der Waals surface area contributed by atoms with E-state index in [1.807, 2.05) is 10.8 Å². The molecule has 0 aliphatic carbocycles. The number of nitrogen functional groups attached to an aromatic ring is 1. The van der Waals surface area contributed by atoms with Crippen LogP contribution in [0.5, 0.6) is 11.6 Å². The van der Waals surface area contributed by atoms with Crippen LogP contribution in [0.15, 0.2) is 49.6 Å². The minimum absolute atomic E-state index is 0.310. The average Bonchev–Trinajstić information content (AvgIpc) is 3.09. The van der Waals surface area contributed by atoms with Crippen molar-refractivity contribution in [2.45, 2.75) is 13.0 Å². The summed E-state index contributed by atoms with van der Waals surface area (Å²) in [4.78, 5) is 16.2. The molecular formula is C15H17N7O. The summed E-state index contributed by atoms with van der Waals surface area (Å²) >= 11 is 0. The Morgan fingerprint density at radius 3 is 2.96 bits per heavy atom. The van der Waals surface area contributed by atoms with Crippen molar-refractivity contribution in [1.29, 1.82) is 0 Å². The SMILES string of the molecule is Nc1c(NCCCn2ccnc2)ncnc1Oc1cccnc1. The number of aryl methyl sites for hydroxylation is 1. The number of ether oxygens (including phenoxy) is 1. The summed E-state index contributed by atoms with van der Waals surface area (Å²) in [5.41, 5.74) is 6.43. The van der Waals surface area contributed by atoms with Gasteiger partial charge in [-0.1, -0.05) is 0 Å². The van der Waals surface area contributed by atoms with E-state index < -0.39 is 0 Å². The summed E-state index contributed by atoms with van der Waals surface area (Å²) in [6.45, 7) is 1.60. The van der Waals surface area contributed by atoms with Gasteiger partial charge in [-0.2, -0.15) is 4.98 Å². The number of rotatable bonds is 7. The Bertz CT molecular complexity index is 731. The lowest BCUT2D eigenvalue weighted by molar-refractivity contribution is 0.462. The first kappa shape index (κ1) is 14.8. The van der Waals surface area contributed by atoms with Gasteiger partial charge < -0.3 is 20.4 Å². The van der Waals surface area contributed by atoms with Crippen LogP contribution in [0.25, 0.3) is 0 Å². The molecule has 8 heteroatoms. The maximum absolute atomic E-state index is 6.06. The fraction of sp³-hybridized carbons (Fsp3) is 0.200. The largest absolute Gasteiger partial charge is 0.435 e. The van der Waals surface area contributed by atoms with Gasteiger partial charge in [0.1, 0.15) is 17.8 Å². The van der Waals surface area contributed by atoms with Gasteiger partial charge in [0.25, 0.3) is 0 Å². The second kappa shape index (κ2) is 7.21. The second-order valence-corrected chi connectivity index (χ2v) is 4.81. The number of anilines is 2. The molecule has 0 bridgehead atoms. The number of nitrogens with zero attached hydrogens (tertiary/aromatic N) is 5. The number of nitrogens with one attached hydrogen (secondary N) is 1. The number of hydrogen-bond acceptors (Lipinski definition) is 7. The summed E-state index contributed by atoms with van der Waals surface area (Å²) < 4.78 is 7.64. The topological polar surface area (TPSA) is 104 Å². The molecule has 0 aliphatic heterocycles.